The van der Waals surface area contributed by atoms with Crippen LogP contribution < -0.4 is 0 Å². The summed E-state index contributed by atoms with van der Waals surface area (Å²) in [5.74, 6) is -0.564. The first kappa shape index (κ1) is 30.1. The zero-order valence-corrected chi connectivity index (χ0v) is 26.3. The molecule has 2 atom stereocenters. The lowest BCUT2D eigenvalue weighted by molar-refractivity contribution is -0.208. The van der Waals surface area contributed by atoms with Gasteiger partial charge in [0.15, 0.2) is 12.1 Å². The maximum atomic E-state index is 14.2. The van der Waals surface area contributed by atoms with Gasteiger partial charge in [-0.3, -0.25) is 19.3 Å². The van der Waals surface area contributed by atoms with Crippen molar-refractivity contribution < 1.29 is 24.0 Å². The molecule has 226 valence electrons. The average molecular weight is 649 g/mol. The Kier molecular flexibility index (Phi) is 9.12. The number of benzene rings is 2. The number of amides is 2. The van der Waals surface area contributed by atoms with Crippen molar-refractivity contribution in [1.82, 2.24) is 30.2 Å². The zero-order valence-electron chi connectivity index (χ0n) is 23.8. The Labute approximate surface area is 266 Å². The molecule has 2 aromatic heterocycles. The number of hydroxylamine groups is 2. The first-order chi connectivity index (χ1) is 21.5. The Balaban J connectivity index is 1.31. The van der Waals surface area contributed by atoms with Crippen LogP contribution in [-0.2, 0) is 37.4 Å². The summed E-state index contributed by atoms with van der Waals surface area (Å²) in [5.41, 5.74) is 2.49. The number of hydrogen-bond acceptors (Lipinski definition) is 11. The van der Waals surface area contributed by atoms with Gasteiger partial charge in [0.25, 0.3) is 11.8 Å². The number of thiophene rings is 1. The zero-order chi connectivity index (χ0) is 30.6. The van der Waals surface area contributed by atoms with Gasteiger partial charge in [-0.05, 0) is 38.6 Å². The van der Waals surface area contributed by atoms with E-state index in [1.165, 1.54) is 46.9 Å². The van der Waals surface area contributed by atoms with Gasteiger partial charge < -0.3 is 4.74 Å². The number of aromatic nitrogens is 4. The SMILES string of the molecule is CON(C(=O)Cc1cccs1)C1C(=O)N2C(C(=O)OC(c3ccccc3)c3ccccc3)=C(CSc3nnnn3C)CS[C@H]12. The normalized spacial score (nSPS) is 17.8. The van der Waals surface area contributed by atoms with Crippen LogP contribution in [0.5, 0.6) is 0 Å². The lowest BCUT2D eigenvalue weighted by atomic mass is 10.0. The number of carbonyl (C=O) groups excluding carboxylic acids is 3. The predicted molar refractivity (Wildman–Crippen MR) is 166 cm³/mol. The fourth-order valence-corrected chi connectivity index (χ4v) is 8.16. The maximum Gasteiger partial charge on any atom is 0.356 e. The molecular formula is C30H28N6O5S3. The number of esters is 1. The van der Waals surface area contributed by atoms with Gasteiger partial charge in [-0.15, -0.1) is 28.2 Å². The topological polar surface area (TPSA) is 120 Å². The summed E-state index contributed by atoms with van der Waals surface area (Å²) in [4.78, 5) is 49.0. The number of rotatable bonds is 11. The van der Waals surface area contributed by atoms with E-state index in [-0.39, 0.29) is 18.0 Å². The molecule has 44 heavy (non-hydrogen) atoms. The predicted octanol–water partition coefficient (Wildman–Crippen LogP) is 3.87. The quantitative estimate of drug-likeness (QED) is 0.103. The number of β-lactam (4-membered cyclic amide) rings is 1. The van der Waals surface area contributed by atoms with Gasteiger partial charge in [-0.1, -0.05) is 78.5 Å². The number of aryl methyl sites for hydroxylation is 1. The number of fused-ring (bicyclic) bond motifs is 1. The fourth-order valence-electron chi connectivity index (χ4n) is 5.10. The summed E-state index contributed by atoms with van der Waals surface area (Å²) in [6, 6.07) is 21.8. The Morgan fingerprint density at radius 2 is 1.77 bits per heavy atom. The minimum Gasteiger partial charge on any atom is -0.448 e. The number of thioether (sulfide) groups is 2. The van der Waals surface area contributed by atoms with Crippen LogP contribution in [0.2, 0.25) is 0 Å². The molecule has 1 saturated heterocycles. The van der Waals surface area contributed by atoms with Crippen molar-refractivity contribution in [1.29, 1.82) is 0 Å². The molecule has 0 spiro atoms. The molecular weight excluding hydrogens is 621 g/mol. The Hall–Kier alpha value is -3.98. The Morgan fingerprint density at radius 3 is 2.36 bits per heavy atom. The van der Waals surface area contributed by atoms with Gasteiger partial charge >= 0.3 is 5.97 Å². The van der Waals surface area contributed by atoms with Crippen LogP contribution in [0, 0.1) is 0 Å². The number of ether oxygens (including phenoxy) is 1. The van der Waals surface area contributed by atoms with E-state index in [2.05, 4.69) is 15.5 Å². The van der Waals surface area contributed by atoms with Crippen molar-refractivity contribution in [3.63, 3.8) is 0 Å². The summed E-state index contributed by atoms with van der Waals surface area (Å²) < 4.78 is 7.77. The molecule has 11 nitrogen and oxygen atoms in total. The van der Waals surface area contributed by atoms with E-state index in [0.29, 0.717) is 22.2 Å². The number of carbonyl (C=O) groups is 3. The molecule has 1 unspecified atom stereocenters. The molecule has 2 aliphatic heterocycles. The highest BCUT2D eigenvalue weighted by molar-refractivity contribution is 8.01. The highest BCUT2D eigenvalue weighted by atomic mass is 32.2. The van der Waals surface area contributed by atoms with E-state index in [4.69, 9.17) is 9.57 Å². The van der Waals surface area contributed by atoms with Crippen LogP contribution in [0.1, 0.15) is 22.1 Å². The third kappa shape index (κ3) is 6.02. The fraction of sp³-hybridized carbons (Fsp3) is 0.267. The maximum absolute atomic E-state index is 14.2. The summed E-state index contributed by atoms with van der Waals surface area (Å²) in [6.07, 6.45) is -0.585. The molecule has 2 amide bonds. The highest BCUT2D eigenvalue weighted by Crippen LogP contribution is 2.44. The Bertz CT molecular complexity index is 1630. The molecule has 0 N–H and O–H groups in total. The average Bonchev–Trinajstić information content (AvgIpc) is 3.72. The molecule has 1 fully saturated rings. The molecule has 0 bridgehead atoms. The molecule has 4 aromatic rings. The standard InChI is InChI=1S/C30H28N6O5S3/c1-34-30(31-32-33-34)44-18-21-17-43-28-25(36(40-2)23(37)16-22-14-9-15-42-22)27(38)35(28)24(21)29(39)41-26(19-10-5-3-6-11-19)20-12-7-4-8-13-20/h3-15,25-26,28H,16-18H2,1-2H3/t25?,28-/m1/s1. The van der Waals surface area contributed by atoms with Crippen molar-refractivity contribution in [2.75, 3.05) is 18.6 Å². The summed E-state index contributed by atoms with van der Waals surface area (Å²) in [7, 11) is 3.11. The van der Waals surface area contributed by atoms with Crippen LogP contribution >= 0.6 is 34.9 Å². The van der Waals surface area contributed by atoms with E-state index in [0.717, 1.165) is 21.1 Å². The molecule has 2 aliphatic rings. The minimum atomic E-state index is -0.878. The molecule has 14 heteroatoms. The third-order valence-corrected chi connectivity index (χ3v) is 10.5. The molecule has 0 radical (unpaired) electrons. The van der Waals surface area contributed by atoms with Crippen LogP contribution in [0.3, 0.4) is 0 Å². The van der Waals surface area contributed by atoms with Gasteiger partial charge in [0.05, 0.1) is 13.5 Å². The lowest BCUT2D eigenvalue weighted by Crippen LogP contribution is -2.71. The van der Waals surface area contributed by atoms with E-state index in [1.807, 2.05) is 78.2 Å². The number of nitrogens with zero attached hydrogens (tertiary/aromatic N) is 6. The van der Waals surface area contributed by atoms with Gasteiger partial charge in [-0.2, -0.15) is 0 Å². The molecule has 4 heterocycles. The second-order valence-electron chi connectivity index (χ2n) is 9.95. The van der Waals surface area contributed by atoms with Gasteiger partial charge in [0, 0.05) is 23.4 Å². The van der Waals surface area contributed by atoms with Crippen molar-refractivity contribution in [3.05, 3.63) is 105 Å². The first-order valence-corrected chi connectivity index (χ1v) is 16.6. The third-order valence-electron chi connectivity index (χ3n) is 7.20. The summed E-state index contributed by atoms with van der Waals surface area (Å²) >= 11 is 4.30. The molecule has 0 saturated carbocycles. The smallest absolute Gasteiger partial charge is 0.356 e. The molecule has 6 rings (SSSR count). The van der Waals surface area contributed by atoms with E-state index in [1.54, 1.807) is 11.7 Å². The van der Waals surface area contributed by atoms with Crippen molar-refractivity contribution in [3.8, 4) is 0 Å². The second kappa shape index (κ2) is 13.3. The number of tetrazole rings is 1. The number of hydrogen-bond donors (Lipinski definition) is 0. The van der Waals surface area contributed by atoms with Crippen LogP contribution in [-0.4, -0.2) is 78.0 Å². The molecule has 0 aliphatic carbocycles. The van der Waals surface area contributed by atoms with Crippen LogP contribution in [0.15, 0.2) is 94.6 Å². The Morgan fingerprint density at radius 1 is 1.07 bits per heavy atom. The van der Waals surface area contributed by atoms with E-state index in [9.17, 15) is 14.4 Å². The second-order valence-corrected chi connectivity index (χ2v) is 13.0. The van der Waals surface area contributed by atoms with Crippen LogP contribution in [0.4, 0.5) is 0 Å². The molecule has 2 aromatic carbocycles. The lowest BCUT2D eigenvalue weighted by Gasteiger charge is -2.52. The monoisotopic (exact) mass is 648 g/mol. The van der Waals surface area contributed by atoms with E-state index >= 15 is 0 Å². The van der Waals surface area contributed by atoms with E-state index < -0.39 is 29.4 Å². The summed E-state index contributed by atoms with van der Waals surface area (Å²) in [6.45, 7) is 0. The first-order valence-electron chi connectivity index (χ1n) is 13.7. The van der Waals surface area contributed by atoms with Gasteiger partial charge in [0.1, 0.15) is 11.1 Å². The van der Waals surface area contributed by atoms with Gasteiger partial charge in [0.2, 0.25) is 5.16 Å². The van der Waals surface area contributed by atoms with Crippen molar-refractivity contribution in [2.45, 2.75) is 29.1 Å². The highest BCUT2D eigenvalue weighted by Gasteiger charge is 2.58. The summed E-state index contributed by atoms with van der Waals surface area (Å²) in [5, 5.41) is 14.7. The minimum absolute atomic E-state index is 0.112. The van der Waals surface area contributed by atoms with Gasteiger partial charge in [-0.25, -0.2) is 14.5 Å². The van der Waals surface area contributed by atoms with Crippen LogP contribution in [0.25, 0.3) is 0 Å². The van der Waals surface area contributed by atoms with Crippen molar-refractivity contribution in [2.24, 2.45) is 7.05 Å². The van der Waals surface area contributed by atoms with Crippen molar-refractivity contribution >= 4 is 52.6 Å². The largest absolute Gasteiger partial charge is 0.448 e.